The number of azo groups is 1. The molecule has 26 heavy (non-hydrogen) atoms. The van der Waals surface area contributed by atoms with Crippen LogP contribution < -0.4 is 4.90 Å². The monoisotopic (exact) mass is 341 g/mol. The number of pyridine rings is 1. The van der Waals surface area contributed by atoms with Gasteiger partial charge in [0.2, 0.25) is 0 Å². The molecule has 3 aromatic rings. The second-order valence-electron chi connectivity index (χ2n) is 5.81. The van der Waals surface area contributed by atoms with Crippen LogP contribution in [0, 0.1) is 11.3 Å². The molecule has 0 aliphatic heterocycles. The van der Waals surface area contributed by atoms with E-state index in [-0.39, 0.29) is 0 Å². The van der Waals surface area contributed by atoms with Crippen LogP contribution in [0.1, 0.15) is 6.42 Å². The van der Waals surface area contributed by atoms with Gasteiger partial charge in [-0.25, -0.2) is 0 Å². The second kappa shape index (κ2) is 8.54. The van der Waals surface area contributed by atoms with E-state index in [2.05, 4.69) is 21.3 Å². The summed E-state index contributed by atoms with van der Waals surface area (Å²) < 4.78 is 0. The van der Waals surface area contributed by atoms with Gasteiger partial charge in [0.05, 0.1) is 29.6 Å². The molecule has 0 fully saturated rings. The quantitative estimate of drug-likeness (QED) is 0.555. The lowest BCUT2D eigenvalue weighted by Crippen LogP contribution is -2.17. The normalized spacial score (nSPS) is 10.6. The third-order valence-corrected chi connectivity index (χ3v) is 3.96. The summed E-state index contributed by atoms with van der Waals surface area (Å²) in [5, 5.41) is 17.2. The second-order valence-corrected chi connectivity index (χ2v) is 5.81. The Hall–Kier alpha value is -3.52. The molecular weight excluding hydrogens is 322 g/mol. The van der Waals surface area contributed by atoms with Crippen LogP contribution in [-0.4, -0.2) is 18.6 Å². The summed E-state index contributed by atoms with van der Waals surface area (Å²) in [6.45, 7) is 0.708. The third-order valence-electron chi connectivity index (χ3n) is 3.96. The number of nitrogens with zero attached hydrogens (tertiary/aromatic N) is 5. The first kappa shape index (κ1) is 17.3. The zero-order chi connectivity index (χ0) is 18.2. The van der Waals surface area contributed by atoms with Crippen molar-refractivity contribution < 1.29 is 0 Å². The van der Waals surface area contributed by atoms with Gasteiger partial charge in [-0.2, -0.15) is 15.5 Å². The Morgan fingerprint density at radius 3 is 2.15 bits per heavy atom. The van der Waals surface area contributed by atoms with Gasteiger partial charge < -0.3 is 4.90 Å². The van der Waals surface area contributed by atoms with Crippen LogP contribution in [0.3, 0.4) is 0 Å². The van der Waals surface area contributed by atoms with Gasteiger partial charge in [0, 0.05) is 31.0 Å². The predicted octanol–water partition coefficient (Wildman–Crippen LogP) is 5.51. The summed E-state index contributed by atoms with van der Waals surface area (Å²) in [5.74, 6) is 0. The lowest BCUT2D eigenvalue weighted by atomic mass is 10.1. The fourth-order valence-corrected chi connectivity index (χ4v) is 2.47. The highest BCUT2D eigenvalue weighted by molar-refractivity contribution is 5.61. The van der Waals surface area contributed by atoms with E-state index < -0.39 is 0 Å². The Bertz CT molecular complexity index is 894. The molecule has 0 saturated heterocycles. The molecule has 0 N–H and O–H groups in total. The fraction of sp³-hybridized carbons (Fsp3) is 0.143. The summed E-state index contributed by atoms with van der Waals surface area (Å²) in [7, 11) is 1.97. The van der Waals surface area contributed by atoms with Gasteiger partial charge in [-0.05, 0) is 48.5 Å². The lowest BCUT2D eigenvalue weighted by molar-refractivity contribution is 0.905. The van der Waals surface area contributed by atoms with E-state index in [1.165, 1.54) is 0 Å². The summed E-state index contributed by atoms with van der Waals surface area (Å²) in [5.41, 5.74) is 4.62. The minimum atomic E-state index is 0.506. The van der Waals surface area contributed by atoms with Crippen LogP contribution >= 0.6 is 0 Å². The number of aromatic nitrogens is 1. The molecule has 5 nitrogen and oxygen atoms in total. The number of anilines is 1. The largest absolute Gasteiger partial charge is 0.374 e. The summed E-state index contributed by atoms with van der Waals surface area (Å²) in [6, 6.07) is 23.6. The van der Waals surface area contributed by atoms with Crippen molar-refractivity contribution in [2.24, 2.45) is 10.2 Å². The number of hydrogen-bond donors (Lipinski definition) is 0. The molecule has 0 bridgehead atoms. The van der Waals surface area contributed by atoms with Crippen molar-refractivity contribution >= 4 is 17.1 Å². The SMILES string of the molecule is CN(CCC#N)c1ccc(N=Nc2ccc(-c3ccccn3)cc2)cc1. The maximum Gasteiger partial charge on any atom is 0.0858 e. The molecule has 5 heteroatoms. The summed E-state index contributed by atoms with van der Waals surface area (Å²) in [4.78, 5) is 6.38. The van der Waals surface area contributed by atoms with E-state index in [1.807, 2.05) is 78.7 Å². The summed E-state index contributed by atoms with van der Waals surface area (Å²) >= 11 is 0. The van der Waals surface area contributed by atoms with Gasteiger partial charge in [0.15, 0.2) is 0 Å². The molecule has 1 aromatic heterocycles. The fourth-order valence-electron chi connectivity index (χ4n) is 2.47. The molecular formula is C21H19N5. The van der Waals surface area contributed by atoms with Crippen molar-refractivity contribution in [3.05, 3.63) is 72.9 Å². The molecule has 2 aromatic carbocycles. The van der Waals surface area contributed by atoms with Gasteiger partial charge in [-0.15, -0.1) is 0 Å². The van der Waals surface area contributed by atoms with Crippen molar-refractivity contribution in [3.63, 3.8) is 0 Å². The van der Waals surface area contributed by atoms with Crippen LogP contribution in [0.15, 0.2) is 83.2 Å². The number of hydrogen-bond acceptors (Lipinski definition) is 5. The van der Waals surface area contributed by atoms with Crippen LogP contribution in [-0.2, 0) is 0 Å². The van der Waals surface area contributed by atoms with Crippen molar-refractivity contribution in [1.82, 2.24) is 4.98 Å². The first-order valence-corrected chi connectivity index (χ1v) is 8.37. The van der Waals surface area contributed by atoms with E-state index >= 15 is 0 Å². The van der Waals surface area contributed by atoms with E-state index in [1.54, 1.807) is 6.20 Å². The first-order valence-electron chi connectivity index (χ1n) is 8.37. The van der Waals surface area contributed by atoms with Crippen molar-refractivity contribution in [1.29, 1.82) is 5.26 Å². The Morgan fingerprint density at radius 1 is 0.923 bits per heavy atom. The Labute approximate surface area is 153 Å². The third kappa shape index (κ3) is 4.52. The average molecular weight is 341 g/mol. The number of nitriles is 1. The van der Waals surface area contributed by atoms with Crippen LogP contribution in [0.25, 0.3) is 11.3 Å². The highest BCUT2D eigenvalue weighted by atomic mass is 15.1. The van der Waals surface area contributed by atoms with E-state index in [0.717, 1.165) is 28.3 Å². The van der Waals surface area contributed by atoms with Gasteiger partial charge in [-0.1, -0.05) is 18.2 Å². The van der Waals surface area contributed by atoms with Crippen LogP contribution in [0.4, 0.5) is 17.1 Å². The molecule has 128 valence electrons. The molecule has 1 heterocycles. The zero-order valence-electron chi connectivity index (χ0n) is 14.6. The molecule has 0 spiro atoms. The maximum atomic E-state index is 8.66. The highest BCUT2D eigenvalue weighted by Crippen LogP contribution is 2.24. The van der Waals surface area contributed by atoms with Gasteiger partial charge >= 0.3 is 0 Å². The van der Waals surface area contributed by atoms with E-state index in [4.69, 9.17) is 5.26 Å². The first-order chi connectivity index (χ1) is 12.8. The van der Waals surface area contributed by atoms with Crippen LogP contribution in [0.2, 0.25) is 0 Å². The van der Waals surface area contributed by atoms with Gasteiger partial charge in [-0.3, -0.25) is 4.98 Å². The Morgan fingerprint density at radius 2 is 1.58 bits per heavy atom. The molecule has 0 unspecified atom stereocenters. The standard InChI is InChI=1S/C21H19N5/c1-26(16-4-14-22)20-12-10-19(11-13-20)25-24-18-8-6-17(7-9-18)21-5-2-3-15-23-21/h2-3,5-13,15H,4,16H2,1H3. The molecule has 0 saturated carbocycles. The Kier molecular flexibility index (Phi) is 5.69. The molecule has 0 radical (unpaired) electrons. The molecule has 0 aliphatic carbocycles. The smallest absolute Gasteiger partial charge is 0.0858 e. The average Bonchev–Trinajstić information content (AvgIpc) is 2.72. The number of benzene rings is 2. The van der Waals surface area contributed by atoms with Crippen LogP contribution in [0.5, 0.6) is 0 Å². The highest BCUT2D eigenvalue weighted by Gasteiger charge is 2.01. The molecule has 0 aliphatic rings. The topological polar surface area (TPSA) is 64.6 Å². The molecule has 3 rings (SSSR count). The van der Waals surface area contributed by atoms with Crippen molar-refractivity contribution in [2.75, 3.05) is 18.5 Å². The summed E-state index contributed by atoms with van der Waals surface area (Å²) in [6.07, 6.45) is 2.29. The van der Waals surface area contributed by atoms with Crippen molar-refractivity contribution in [2.45, 2.75) is 6.42 Å². The lowest BCUT2D eigenvalue weighted by Gasteiger charge is -2.17. The van der Waals surface area contributed by atoms with Gasteiger partial charge in [0.25, 0.3) is 0 Å². The van der Waals surface area contributed by atoms with E-state index in [9.17, 15) is 0 Å². The zero-order valence-corrected chi connectivity index (χ0v) is 14.6. The molecule has 0 amide bonds. The Balaban J connectivity index is 1.65. The minimum Gasteiger partial charge on any atom is -0.374 e. The maximum absolute atomic E-state index is 8.66. The number of rotatable bonds is 6. The van der Waals surface area contributed by atoms with E-state index in [0.29, 0.717) is 13.0 Å². The minimum absolute atomic E-state index is 0.506. The van der Waals surface area contributed by atoms with Gasteiger partial charge in [0.1, 0.15) is 0 Å². The van der Waals surface area contributed by atoms with Crippen molar-refractivity contribution in [3.8, 4) is 17.3 Å². The predicted molar refractivity (Wildman–Crippen MR) is 104 cm³/mol. The molecule has 0 atom stereocenters.